The molecule has 0 rings (SSSR count). The van der Waals surface area contributed by atoms with Gasteiger partial charge in [0.25, 0.3) is 0 Å². The zero-order valence-corrected chi connectivity index (χ0v) is 7.15. The maximum atomic E-state index is 11.7. The minimum atomic E-state index is -4.51. The zero-order valence-electron chi connectivity index (χ0n) is 7.15. The van der Waals surface area contributed by atoms with Gasteiger partial charge in [-0.25, -0.2) is 0 Å². The van der Waals surface area contributed by atoms with E-state index in [9.17, 15) is 13.2 Å². The first-order valence-electron chi connectivity index (χ1n) is 3.86. The highest BCUT2D eigenvalue weighted by atomic mass is 19.4. The molecule has 0 fully saturated rings. The molecule has 2 atom stereocenters. The van der Waals surface area contributed by atoms with E-state index in [-0.39, 0.29) is 6.04 Å². The highest BCUT2D eigenvalue weighted by molar-refractivity contribution is 4.70. The summed E-state index contributed by atoms with van der Waals surface area (Å²) in [5.41, 5.74) is 0. The number of alkyl halides is 3. The topological polar surface area (TPSA) is 32.3 Å². The van der Waals surface area contributed by atoms with Gasteiger partial charge in [0.05, 0.1) is 0 Å². The molecule has 74 valence electrons. The van der Waals surface area contributed by atoms with Crippen LogP contribution in [0.25, 0.3) is 0 Å². The lowest BCUT2D eigenvalue weighted by Crippen LogP contribution is -2.41. The minimum absolute atomic E-state index is 0.00185. The lowest BCUT2D eigenvalue weighted by molar-refractivity contribution is -0.202. The summed E-state index contributed by atoms with van der Waals surface area (Å²) in [5.74, 6) is 0. The number of halogens is 3. The van der Waals surface area contributed by atoms with Gasteiger partial charge in [0.1, 0.15) is 0 Å². The normalized spacial score (nSPS) is 17.5. The lowest BCUT2D eigenvalue weighted by atomic mass is 10.2. The van der Waals surface area contributed by atoms with Crippen LogP contribution in [0, 0.1) is 0 Å². The third-order valence-corrected chi connectivity index (χ3v) is 1.65. The Morgan fingerprint density at radius 3 is 2.25 bits per heavy atom. The first-order valence-corrected chi connectivity index (χ1v) is 3.86. The molecule has 12 heavy (non-hydrogen) atoms. The largest absolute Gasteiger partial charge is 0.415 e. The van der Waals surface area contributed by atoms with Crippen molar-refractivity contribution in [2.24, 2.45) is 0 Å². The van der Waals surface area contributed by atoms with Gasteiger partial charge in [-0.15, -0.1) is 0 Å². The van der Waals surface area contributed by atoms with Crippen molar-refractivity contribution in [2.75, 3.05) is 6.54 Å². The number of hydrogen-bond acceptors (Lipinski definition) is 2. The summed E-state index contributed by atoms with van der Waals surface area (Å²) >= 11 is 0. The van der Waals surface area contributed by atoms with Crippen molar-refractivity contribution in [1.82, 2.24) is 5.32 Å². The van der Waals surface area contributed by atoms with Crippen LogP contribution in [0.1, 0.15) is 20.3 Å². The van der Waals surface area contributed by atoms with Crippen molar-refractivity contribution in [2.45, 2.75) is 38.6 Å². The smallest absolute Gasteiger partial charge is 0.382 e. The first-order chi connectivity index (χ1) is 5.38. The van der Waals surface area contributed by atoms with Crippen molar-refractivity contribution in [3.05, 3.63) is 0 Å². The second-order valence-corrected chi connectivity index (χ2v) is 2.77. The Bertz CT molecular complexity index is 126. The van der Waals surface area contributed by atoms with Crippen LogP contribution >= 0.6 is 0 Å². The van der Waals surface area contributed by atoms with Crippen LogP contribution in [0.5, 0.6) is 0 Å². The van der Waals surface area contributed by atoms with Crippen LogP contribution in [-0.4, -0.2) is 30.0 Å². The molecular formula is C7H14F3NO. The first kappa shape index (κ1) is 11.7. The predicted molar refractivity (Wildman–Crippen MR) is 39.8 cm³/mol. The standard InChI is InChI=1S/C7H14F3NO/c1-3-5(2)11-4-6(12)7(8,9)10/h5-6,11-12H,3-4H2,1-2H3/t5-,6+/m1/s1. The third-order valence-electron chi connectivity index (χ3n) is 1.65. The van der Waals surface area contributed by atoms with Gasteiger partial charge in [-0.2, -0.15) is 13.2 Å². The quantitative estimate of drug-likeness (QED) is 0.691. The maximum absolute atomic E-state index is 11.7. The lowest BCUT2D eigenvalue weighted by Gasteiger charge is -2.17. The number of hydrogen-bond donors (Lipinski definition) is 2. The van der Waals surface area contributed by atoms with Crippen LogP contribution < -0.4 is 5.32 Å². The average Bonchev–Trinajstić information content (AvgIpc) is 1.97. The SMILES string of the molecule is CC[C@@H](C)NC[C@H](O)C(F)(F)F. The molecule has 0 amide bonds. The van der Waals surface area contributed by atoms with Crippen LogP contribution in [0.4, 0.5) is 13.2 Å². The van der Waals surface area contributed by atoms with Gasteiger partial charge < -0.3 is 10.4 Å². The van der Waals surface area contributed by atoms with E-state index < -0.39 is 18.8 Å². The van der Waals surface area contributed by atoms with Crippen molar-refractivity contribution < 1.29 is 18.3 Å². The Balaban J connectivity index is 3.64. The second-order valence-electron chi connectivity index (χ2n) is 2.77. The highest BCUT2D eigenvalue weighted by Gasteiger charge is 2.37. The molecule has 0 spiro atoms. The summed E-state index contributed by atoms with van der Waals surface area (Å²) in [4.78, 5) is 0. The molecule has 2 N–H and O–H groups in total. The molecule has 0 aromatic carbocycles. The molecule has 0 bridgehead atoms. The summed E-state index contributed by atoms with van der Waals surface area (Å²) in [7, 11) is 0. The Kier molecular flexibility index (Phi) is 4.55. The van der Waals surface area contributed by atoms with E-state index in [0.29, 0.717) is 0 Å². The Hall–Kier alpha value is -0.290. The Labute approximate surface area is 69.8 Å². The van der Waals surface area contributed by atoms with Crippen molar-refractivity contribution in [3.8, 4) is 0 Å². The zero-order chi connectivity index (χ0) is 9.78. The van der Waals surface area contributed by atoms with Crippen molar-refractivity contribution in [1.29, 1.82) is 0 Å². The van der Waals surface area contributed by atoms with Gasteiger partial charge >= 0.3 is 6.18 Å². The highest BCUT2D eigenvalue weighted by Crippen LogP contribution is 2.19. The van der Waals surface area contributed by atoms with Gasteiger partial charge in [0.15, 0.2) is 6.10 Å². The fourth-order valence-electron chi connectivity index (χ4n) is 0.573. The van der Waals surface area contributed by atoms with Crippen molar-refractivity contribution >= 4 is 0 Å². The summed E-state index contributed by atoms with van der Waals surface area (Å²) in [6, 6.07) is 0.00185. The molecule has 0 unspecified atom stereocenters. The number of aliphatic hydroxyl groups excluding tert-OH is 1. The molecule has 2 nitrogen and oxygen atoms in total. The molecule has 0 heterocycles. The molecule has 5 heteroatoms. The van der Waals surface area contributed by atoms with Gasteiger partial charge in [-0.05, 0) is 13.3 Å². The summed E-state index contributed by atoms with van der Waals surface area (Å²) in [5, 5.41) is 11.1. The Morgan fingerprint density at radius 1 is 1.42 bits per heavy atom. The van der Waals surface area contributed by atoms with E-state index in [1.807, 2.05) is 6.92 Å². The van der Waals surface area contributed by atoms with E-state index in [1.165, 1.54) is 0 Å². The molecule has 0 aliphatic rings. The minimum Gasteiger partial charge on any atom is -0.382 e. The van der Waals surface area contributed by atoms with E-state index >= 15 is 0 Å². The van der Waals surface area contributed by atoms with Crippen molar-refractivity contribution in [3.63, 3.8) is 0 Å². The van der Waals surface area contributed by atoms with E-state index in [0.717, 1.165) is 6.42 Å². The monoisotopic (exact) mass is 185 g/mol. The van der Waals surface area contributed by atoms with Crippen LogP contribution in [0.3, 0.4) is 0 Å². The summed E-state index contributed by atoms with van der Waals surface area (Å²) in [6.45, 7) is 3.19. The summed E-state index contributed by atoms with van der Waals surface area (Å²) in [6.07, 6.45) is -6.03. The van der Waals surface area contributed by atoms with Gasteiger partial charge in [0, 0.05) is 12.6 Å². The van der Waals surface area contributed by atoms with E-state index in [2.05, 4.69) is 5.32 Å². The molecule has 0 aromatic rings. The van der Waals surface area contributed by atoms with E-state index in [1.54, 1.807) is 6.92 Å². The molecule has 0 saturated carbocycles. The van der Waals surface area contributed by atoms with Crippen LogP contribution in [0.2, 0.25) is 0 Å². The number of aliphatic hydroxyl groups is 1. The van der Waals surface area contributed by atoms with Crippen LogP contribution in [0.15, 0.2) is 0 Å². The molecule has 0 saturated heterocycles. The second kappa shape index (κ2) is 4.67. The molecular weight excluding hydrogens is 171 g/mol. The average molecular weight is 185 g/mol. The van der Waals surface area contributed by atoms with Gasteiger partial charge in [-0.1, -0.05) is 6.92 Å². The van der Waals surface area contributed by atoms with E-state index in [4.69, 9.17) is 5.11 Å². The fourth-order valence-corrected chi connectivity index (χ4v) is 0.573. The maximum Gasteiger partial charge on any atom is 0.415 e. The predicted octanol–water partition coefficient (Wildman–Crippen LogP) is 1.30. The number of rotatable bonds is 4. The fraction of sp³-hybridized carbons (Fsp3) is 1.00. The number of nitrogens with one attached hydrogen (secondary N) is 1. The van der Waals surface area contributed by atoms with Crippen LogP contribution in [-0.2, 0) is 0 Å². The van der Waals surface area contributed by atoms with Gasteiger partial charge in [-0.3, -0.25) is 0 Å². The molecule has 0 radical (unpaired) electrons. The Morgan fingerprint density at radius 2 is 1.92 bits per heavy atom. The molecule has 0 aliphatic carbocycles. The summed E-state index contributed by atoms with van der Waals surface area (Å²) < 4.78 is 35.1. The molecule has 0 aliphatic heterocycles. The van der Waals surface area contributed by atoms with Gasteiger partial charge in [0.2, 0.25) is 0 Å². The molecule has 0 aromatic heterocycles. The third kappa shape index (κ3) is 4.56.